The summed E-state index contributed by atoms with van der Waals surface area (Å²) >= 11 is 0. The minimum atomic E-state index is -0.769. The molecule has 4 rings (SSSR count). The third-order valence-electron chi connectivity index (χ3n) is 5.81. The Morgan fingerprint density at radius 3 is 2.85 bits per heavy atom. The SMILES string of the molecule is Cc1ccccc1C[C@]1(C(=O)O)CCCN(c2cc(C3CC3)ncn2)C1. The van der Waals surface area contributed by atoms with Crippen LogP contribution in [0.15, 0.2) is 36.7 Å². The Balaban J connectivity index is 1.61. The first-order valence-electron chi connectivity index (χ1n) is 9.42. The lowest BCUT2D eigenvalue weighted by molar-refractivity contribution is -0.149. The molecular formula is C21H25N3O2. The molecule has 0 unspecified atom stereocenters. The normalized spacial score (nSPS) is 23.0. The van der Waals surface area contributed by atoms with Crippen molar-refractivity contribution in [2.24, 2.45) is 5.41 Å². The van der Waals surface area contributed by atoms with Crippen LogP contribution < -0.4 is 4.90 Å². The van der Waals surface area contributed by atoms with Crippen molar-refractivity contribution in [2.45, 2.75) is 44.9 Å². The van der Waals surface area contributed by atoms with Gasteiger partial charge in [0.05, 0.1) is 5.41 Å². The van der Waals surface area contributed by atoms with E-state index in [1.165, 1.54) is 12.8 Å². The monoisotopic (exact) mass is 351 g/mol. The first kappa shape index (κ1) is 17.0. The van der Waals surface area contributed by atoms with Gasteiger partial charge in [-0.1, -0.05) is 24.3 Å². The summed E-state index contributed by atoms with van der Waals surface area (Å²) in [7, 11) is 0. The number of hydrogen-bond donors (Lipinski definition) is 1. The summed E-state index contributed by atoms with van der Waals surface area (Å²) in [5, 5.41) is 10.1. The van der Waals surface area contributed by atoms with Crippen molar-refractivity contribution in [2.75, 3.05) is 18.0 Å². The van der Waals surface area contributed by atoms with Gasteiger partial charge in [0, 0.05) is 30.8 Å². The van der Waals surface area contributed by atoms with Gasteiger partial charge in [-0.2, -0.15) is 0 Å². The van der Waals surface area contributed by atoms with Gasteiger partial charge in [-0.25, -0.2) is 9.97 Å². The maximum Gasteiger partial charge on any atom is 0.311 e. The molecule has 2 aliphatic rings. The van der Waals surface area contributed by atoms with Gasteiger partial charge in [-0.3, -0.25) is 4.79 Å². The van der Waals surface area contributed by atoms with Crippen LogP contribution in [0.4, 0.5) is 5.82 Å². The van der Waals surface area contributed by atoms with E-state index >= 15 is 0 Å². The number of carbonyl (C=O) groups is 1. The zero-order valence-electron chi connectivity index (χ0n) is 15.2. The molecule has 136 valence electrons. The fraction of sp³-hybridized carbons (Fsp3) is 0.476. The molecule has 1 aromatic carbocycles. The molecule has 0 spiro atoms. The van der Waals surface area contributed by atoms with E-state index in [-0.39, 0.29) is 0 Å². The van der Waals surface area contributed by atoms with Crippen LogP contribution in [-0.4, -0.2) is 34.1 Å². The average Bonchev–Trinajstić information content (AvgIpc) is 3.49. The molecule has 1 aliphatic carbocycles. The molecule has 2 aromatic rings. The molecular weight excluding hydrogens is 326 g/mol. The van der Waals surface area contributed by atoms with E-state index in [1.54, 1.807) is 6.33 Å². The molecule has 5 heteroatoms. The van der Waals surface area contributed by atoms with Crippen molar-refractivity contribution in [1.29, 1.82) is 0 Å². The van der Waals surface area contributed by atoms with Crippen molar-refractivity contribution in [3.05, 3.63) is 53.5 Å². The Bertz CT molecular complexity index is 818. The smallest absolute Gasteiger partial charge is 0.311 e. The van der Waals surface area contributed by atoms with Crippen LogP contribution in [0.1, 0.15) is 48.4 Å². The molecule has 0 radical (unpaired) electrons. The summed E-state index contributed by atoms with van der Waals surface area (Å²) in [6, 6.07) is 10.2. The second kappa shape index (κ2) is 6.71. The number of hydrogen-bond acceptors (Lipinski definition) is 4. The number of carboxylic acids is 1. The quantitative estimate of drug-likeness (QED) is 0.892. The summed E-state index contributed by atoms with van der Waals surface area (Å²) in [6.45, 7) is 3.40. The van der Waals surface area contributed by atoms with Crippen LogP contribution in [-0.2, 0) is 11.2 Å². The molecule has 1 aromatic heterocycles. The van der Waals surface area contributed by atoms with Crippen LogP contribution >= 0.6 is 0 Å². The van der Waals surface area contributed by atoms with Crippen LogP contribution in [0, 0.1) is 12.3 Å². The topological polar surface area (TPSA) is 66.3 Å². The number of aromatic nitrogens is 2. The van der Waals surface area contributed by atoms with Gasteiger partial charge in [0.2, 0.25) is 0 Å². The van der Waals surface area contributed by atoms with E-state index in [1.807, 2.05) is 12.1 Å². The molecule has 0 amide bonds. The Morgan fingerprint density at radius 1 is 1.31 bits per heavy atom. The number of aliphatic carboxylic acids is 1. The highest BCUT2D eigenvalue weighted by Gasteiger charge is 2.43. The lowest BCUT2D eigenvalue weighted by Crippen LogP contribution is -2.49. The lowest BCUT2D eigenvalue weighted by Gasteiger charge is -2.41. The predicted molar refractivity (Wildman–Crippen MR) is 100 cm³/mol. The Labute approximate surface area is 154 Å². The molecule has 5 nitrogen and oxygen atoms in total. The van der Waals surface area contributed by atoms with Crippen LogP contribution in [0.5, 0.6) is 0 Å². The Kier molecular flexibility index (Phi) is 4.39. The first-order valence-corrected chi connectivity index (χ1v) is 9.42. The third kappa shape index (κ3) is 3.30. The van der Waals surface area contributed by atoms with Crippen LogP contribution in [0.2, 0.25) is 0 Å². The van der Waals surface area contributed by atoms with E-state index < -0.39 is 11.4 Å². The predicted octanol–water partition coefficient (Wildman–Crippen LogP) is 3.58. The van der Waals surface area contributed by atoms with Crippen molar-refractivity contribution in [1.82, 2.24) is 9.97 Å². The molecule has 2 heterocycles. The zero-order valence-corrected chi connectivity index (χ0v) is 15.2. The fourth-order valence-electron chi connectivity index (χ4n) is 4.03. The standard InChI is InChI=1S/C21H25N3O2/c1-15-5-2-3-6-17(15)12-21(20(25)26)9-4-10-24(13-21)19-11-18(16-7-8-16)22-14-23-19/h2-3,5-6,11,14,16H,4,7-10,12-13H2,1H3,(H,25,26)/t21-/m1/s1. The lowest BCUT2D eigenvalue weighted by atomic mass is 9.74. The van der Waals surface area contributed by atoms with Crippen molar-refractivity contribution >= 4 is 11.8 Å². The number of anilines is 1. The minimum absolute atomic E-state index is 0.498. The van der Waals surface area contributed by atoms with E-state index in [0.29, 0.717) is 25.3 Å². The maximum absolute atomic E-state index is 12.3. The number of nitrogens with zero attached hydrogens (tertiary/aromatic N) is 3. The van der Waals surface area contributed by atoms with Gasteiger partial charge < -0.3 is 10.0 Å². The molecule has 0 bridgehead atoms. The zero-order chi connectivity index (χ0) is 18.1. The second-order valence-electron chi connectivity index (χ2n) is 7.79. The van der Waals surface area contributed by atoms with E-state index in [0.717, 1.165) is 35.6 Å². The van der Waals surface area contributed by atoms with Gasteiger partial charge in [-0.15, -0.1) is 0 Å². The number of rotatable bonds is 5. The highest BCUT2D eigenvalue weighted by Crippen LogP contribution is 2.41. The maximum atomic E-state index is 12.3. The highest BCUT2D eigenvalue weighted by atomic mass is 16.4. The summed E-state index contributed by atoms with van der Waals surface area (Å²) < 4.78 is 0. The molecule has 1 N–H and O–H groups in total. The van der Waals surface area contributed by atoms with Gasteiger partial charge >= 0.3 is 5.97 Å². The number of aryl methyl sites for hydroxylation is 1. The van der Waals surface area contributed by atoms with E-state index in [4.69, 9.17) is 0 Å². The molecule has 1 saturated heterocycles. The molecule has 1 saturated carbocycles. The van der Waals surface area contributed by atoms with E-state index in [2.05, 4.69) is 40.0 Å². The number of benzene rings is 1. The van der Waals surface area contributed by atoms with Gasteiger partial charge in [0.1, 0.15) is 12.1 Å². The highest BCUT2D eigenvalue weighted by molar-refractivity contribution is 5.76. The Morgan fingerprint density at radius 2 is 2.12 bits per heavy atom. The van der Waals surface area contributed by atoms with E-state index in [9.17, 15) is 9.90 Å². The minimum Gasteiger partial charge on any atom is -0.481 e. The van der Waals surface area contributed by atoms with Crippen molar-refractivity contribution in [3.8, 4) is 0 Å². The number of carboxylic acid groups (broad SMARTS) is 1. The summed E-state index contributed by atoms with van der Waals surface area (Å²) in [5.41, 5.74) is 2.61. The molecule has 1 atom stereocenters. The summed E-state index contributed by atoms with van der Waals surface area (Å²) in [5.74, 6) is 0.733. The van der Waals surface area contributed by atoms with Gasteiger partial charge in [0.15, 0.2) is 0 Å². The molecule has 26 heavy (non-hydrogen) atoms. The molecule has 2 fully saturated rings. The van der Waals surface area contributed by atoms with Crippen molar-refractivity contribution < 1.29 is 9.90 Å². The first-order chi connectivity index (χ1) is 12.6. The van der Waals surface area contributed by atoms with Gasteiger partial charge in [0.25, 0.3) is 0 Å². The Hall–Kier alpha value is -2.43. The third-order valence-corrected chi connectivity index (χ3v) is 5.81. The van der Waals surface area contributed by atoms with Crippen LogP contribution in [0.25, 0.3) is 0 Å². The largest absolute Gasteiger partial charge is 0.481 e. The summed E-state index contributed by atoms with van der Waals surface area (Å²) in [4.78, 5) is 23.3. The fourth-order valence-corrected chi connectivity index (χ4v) is 4.03. The summed E-state index contributed by atoms with van der Waals surface area (Å²) in [6.07, 6.45) is 6.15. The number of piperidine rings is 1. The van der Waals surface area contributed by atoms with Gasteiger partial charge in [-0.05, 0) is 50.2 Å². The average molecular weight is 351 g/mol. The molecule has 1 aliphatic heterocycles. The van der Waals surface area contributed by atoms with Crippen molar-refractivity contribution in [3.63, 3.8) is 0 Å². The van der Waals surface area contributed by atoms with Crippen LogP contribution in [0.3, 0.4) is 0 Å². The second-order valence-corrected chi connectivity index (χ2v) is 7.79.